The van der Waals surface area contributed by atoms with Gasteiger partial charge in [0.25, 0.3) is 0 Å². The summed E-state index contributed by atoms with van der Waals surface area (Å²) in [5, 5.41) is 0. The predicted octanol–water partition coefficient (Wildman–Crippen LogP) is 11.6. The molecule has 0 radical (unpaired) electrons. The minimum atomic E-state index is 0.838. The third kappa shape index (κ3) is 12.3. The Morgan fingerprint density at radius 3 is 1.07 bits per heavy atom. The summed E-state index contributed by atoms with van der Waals surface area (Å²) >= 11 is 0. The fraction of sp³-hybridized carbons (Fsp3) is 0.455. The molecule has 0 saturated carbocycles. The molecule has 246 valence electrons. The molecule has 4 aromatic carbocycles. The maximum absolute atomic E-state index is 5.90. The summed E-state index contributed by atoms with van der Waals surface area (Å²) in [4.78, 5) is 0. The Hall–Kier alpha value is -3.52. The maximum atomic E-state index is 5.90. The Kier molecular flexibility index (Phi) is 15.3. The van der Waals surface area contributed by atoms with E-state index in [0.717, 1.165) is 24.2 Å². The molecule has 0 fully saturated rings. The number of nitrogen functional groups attached to an aromatic ring is 2. The molecule has 0 aliphatic heterocycles. The van der Waals surface area contributed by atoms with Gasteiger partial charge in [-0.05, 0) is 133 Å². The Morgan fingerprint density at radius 1 is 0.348 bits per heavy atom. The van der Waals surface area contributed by atoms with Crippen molar-refractivity contribution >= 4 is 11.4 Å². The van der Waals surface area contributed by atoms with Crippen LogP contribution in [0.5, 0.6) is 0 Å². The molecule has 4 rings (SSSR count). The smallest absolute Gasteiger partial charge is 0.0314 e. The Labute approximate surface area is 281 Å². The van der Waals surface area contributed by atoms with Crippen molar-refractivity contribution in [2.24, 2.45) is 0 Å². The number of benzene rings is 4. The van der Waals surface area contributed by atoms with E-state index in [1.807, 2.05) is 24.3 Å². The second-order valence-corrected chi connectivity index (χ2v) is 13.6. The average molecular weight is 617 g/mol. The number of hydrogen-bond acceptors (Lipinski definition) is 2. The molecule has 0 amide bonds. The molecule has 0 aliphatic rings. The van der Waals surface area contributed by atoms with E-state index < -0.39 is 0 Å². The van der Waals surface area contributed by atoms with Crippen molar-refractivity contribution in [2.75, 3.05) is 11.5 Å². The summed E-state index contributed by atoms with van der Waals surface area (Å²) < 4.78 is 0. The van der Waals surface area contributed by atoms with Gasteiger partial charge < -0.3 is 11.5 Å². The summed E-state index contributed by atoms with van der Waals surface area (Å²) in [6, 6.07) is 31.3. The number of aryl methyl sites for hydroxylation is 4. The van der Waals surface area contributed by atoms with Crippen LogP contribution in [0.1, 0.15) is 135 Å². The molecule has 0 saturated heterocycles. The van der Waals surface area contributed by atoms with Crippen LogP contribution in [0.25, 0.3) is 0 Å². The van der Waals surface area contributed by atoms with Crippen LogP contribution in [0.4, 0.5) is 11.4 Å². The second kappa shape index (κ2) is 19.9. The molecule has 4 N–H and O–H groups in total. The molecule has 0 bridgehead atoms. The van der Waals surface area contributed by atoms with Crippen LogP contribution in [0.3, 0.4) is 0 Å². The van der Waals surface area contributed by atoms with Crippen molar-refractivity contribution in [1.29, 1.82) is 0 Å². The number of rotatable bonds is 21. The zero-order valence-electron chi connectivity index (χ0n) is 29.0. The van der Waals surface area contributed by atoms with Crippen LogP contribution >= 0.6 is 0 Å². The van der Waals surface area contributed by atoms with Crippen molar-refractivity contribution < 1.29 is 0 Å². The highest BCUT2D eigenvalue weighted by atomic mass is 14.5. The quantitative estimate of drug-likeness (QED) is 0.0723. The Morgan fingerprint density at radius 2 is 0.696 bits per heavy atom. The van der Waals surface area contributed by atoms with E-state index in [1.165, 1.54) is 136 Å². The average Bonchev–Trinajstić information content (AvgIpc) is 3.07. The molecule has 2 nitrogen and oxygen atoms in total. The molecule has 2 heteroatoms. The molecule has 0 atom stereocenters. The standard InChI is InChI=1S/C44H60N2/c1-3-5-17-39-31-35(19-25-41(39)33-37-21-27-43(45)28-22-37)15-13-11-9-7-8-10-12-14-16-36-20-26-42(40(32-36)18-6-4-2)34-38-23-29-44(46)30-24-38/h19-32H,3-18,33-34,45-46H2,1-2H3. The van der Waals surface area contributed by atoms with Crippen molar-refractivity contribution in [3.8, 4) is 0 Å². The van der Waals surface area contributed by atoms with Gasteiger partial charge in [0.2, 0.25) is 0 Å². The molecular weight excluding hydrogens is 556 g/mol. The van der Waals surface area contributed by atoms with Crippen LogP contribution in [0.2, 0.25) is 0 Å². The van der Waals surface area contributed by atoms with Gasteiger partial charge in [-0.3, -0.25) is 0 Å². The van der Waals surface area contributed by atoms with Gasteiger partial charge in [0.05, 0.1) is 0 Å². The molecule has 46 heavy (non-hydrogen) atoms. The lowest BCUT2D eigenvalue weighted by atomic mass is 9.93. The third-order valence-electron chi connectivity index (χ3n) is 9.57. The zero-order valence-corrected chi connectivity index (χ0v) is 29.0. The minimum Gasteiger partial charge on any atom is -0.399 e. The minimum absolute atomic E-state index is 0.838. The van der Waals surface area contributed by atoms with Crippen LogP contribution in [-0.2, 0) is 38.5 Å². The first-order valence-electron chi connectivity index (χ1n) is 18.4. The van der Waals surface area contributed by atoms with Gasteiger partial charge in [0.15, 0.2) is 0 Å². The van der Waals surface area contributed by atoms with E-state index in [9.17, 15) is 0 Å². The summed E-state index contributed by atoms with van der Waals surface area (Å²) in [5.74, 6) is 0. The molecule has 0 aliphatic carbocycles. The van der Waals surface area contributed by atoms with Crippen molar-refractivity contribution in [3.05, 3.63) is 129 Å². The first-order chi connectivity index (χ1) is 22.5. The highest BCUT2D eigenvalue weighted by molar-refractivity contribution is 5.43. The summed E-state index contributed by atoms with van der Waals surface area (Å²) in [6.45, 7) is 4.58. The highest BCUT2D eigenvalue weighted by Crippen LogP contribution is 2.23. The summed E-state index contributed by atoms with van der Waals surface area (Å²) in [7, 11) is 0. The van der Waals surface area contributed by atoms with Crippen molar-refractivity contribution in [3.63, 3.8) is 0 Å². The number of nitrogens with two attached hydrogens (primary N) is 2. The molecule has 0 heterocycles. The van der Waals surface area contributed by atoms with Crippen LogP contribution in [0, 0.1) is 0 Å². The topological polar surface area (TPSA) is 52.0 Å². The predicted molar refractivity (Wildman–Crippen MR) is 202 cm³/mol. The fourth-order valence-corrected chi connectivity index (χ4v) is 6.64. The van der Waals surface area contributed by atoms with Gasteiger partial charge in [-0.25, -0.2) is 0 Å². The summed E-state index contributed by atoms with van der Waals surface area (Å²) in [5.41, 5.74) is 25.2. The van der Waals surface area contributed by atoms with E-state index in [2.05, 4.69) is 74.5 Å². The first-order valence-corrected chi connectivity index (χ1v) is 18.4. The lowest BCUT2D eigenvalue weighted by Crippen LogP contribution is -1.99. The van der Waals surface area contributed by atoms with Crippen LogP contribution < -0.4 is 11.5 Å². The third-order valence-corrected chi connectivity index (χ3v) is 9.57. The molecule has 0 spiro atoms. The molecular formula is C44H60N2. The van der Waals surface area contributed by atoms with Crippen molar-refractivity contribution in [1.82, 2.24) is 0 Å². The monoisotopic (exact) mass is 616 g/mol. The van der Waals surface area contributed by atoms with Crippen LogP contribution in [0.15, 0.2) is 84.9 Å². The lowest BCUT2D eigenvalue weighted by molar-refractivity contribution is 0.567. The Balaban J connectivity index is 1.12. The van der Waals surface area contributed by atoms with E-state index >= 15 is 0 Å². The van der Waals surface area contributed by atoms with Gasteiger partial charge in [-0.1, -0.05) is 126 Å². The molecule has 4 aromatic rings. The van der Waals surface area contributed by atoms with E-state index in [-0.39, 0.29) is 0 Å². The van der Waals surface area contributed by atoms with Gasteiger partial charge >= 0.3 is 0 Å². The largest absolute Gasteiger partial charge is 0.399 e. The first kappa shape index (κ1) is 35.3. The number of unbranched alkanes of at least 4 members (excludes halogenated alkanes) is 9. The maximum Gasteiger partial charge on any atom is 0.0314 e. The lowest BCUT2D eigenvalue weighted by Gasteiger charge is -2.13. The van der Waals surface area contributed by atoms with Gasteiger partial charge in [-0.2, -0.15) is 0 Å². The molecule has 0 unspecified atom stereocenters. The SMILES string of the molecule is CCCCc1cc(CCCCCCCCCCc2ccc(Cc3ccc(N)cc3)c(CCCC)c2)ccc1Cc1ccc(N)cc1. The second-order valence-electron chi connectivity index (χ2n) is 13.6. The Bertz CT molecular complexity index is 1310. The van der Waals surface area contributed by atoms with Crippen LogP contribution in [-0.4, -0.2) is 0 Å². The highest BCUT2D eigenvalue weighted by Gasteiger charge is 2.08. The van der Waals surface area contributed by atoms with E-state index in [1.54, 1.807) is 11.1 Å². The summed E-state index contributed by atoms with van der Waals surface area (Å²) in [6.07, 6.45) is 22.6. The normalized spacial score (nSPS) is 11.3. The fourth-order valence-electron chi connectivity index (χ4n) is 6.64. The zero-order chi connectivity index (χ0) is 32.4. The van der Waals surface area contributed by atoms with Gasteiger partial charge in [-0.15, -0.1) is 0 Å². The number of hydrogen-bond donors (Lipinski definition) is 2. The van der Waals surface area contributed by atoms with E-state index in [4.69, 9.17) is 11.5 Å². The van der Waals surface area contributed by atoms with Gasteiger partial charge in [0.1, 0.15) is 0 Å². The number of anilines is 2. The molecule has 0 aromatic heterocycles. The van der Waals surface area contributed by atoms with E-state index in [0.29, 0.717) is 0 Å². The van der Waals surface area contributed by atoms with Gasteiger partial charge in [0, 0.05) is 11.4 Å². The van der Waals surface area contributed by atoms with Crippen molar-refractivity contribution in [2.45, 2.75) is 129 Å².